The Hall–Kier alpha value is -3.26. The zero-order chi connectivity index (χ0) is 23.1. The number of unbranched alkanes of at least 4 members (excludes halogenated alkanes) is 2. The highest BCUT2D eigenvalue weighted by atomic mass is 16.6. The van der Waals surface area contributed by atoms with E-state index in [0.29, 0.717) is 13.0 Å². The van der Waals surface area contributed by atoms with Gasteiger partial charge in [-0.05, 0) is 50.0 Å². The average Bonchev–Trinajstić information content (AvgIpc) is 3.05. The minimum absolute atomic E-state index is 0.123. The quantitative estimate of drug-likeness (QED) is 0.215. The molecule has 2 aromatic rings. The van der Waals surface area contributed by atoms with E-state index in [1.165, 1.54) is 28.7 Å². The number of nitro benzene ring substituents is 1. The smallest absolute Gasteiger partial charge is 0.270 e. The van der Waals surface area contributed by atoms with E-state index in [1.807, 2.05) is 18.2 Å². The molecule has 0 saturated heterocycles. The van der Waals surface area contributed by atoms with Gasteiger partial charge in [-0.1, -0.05) is 31.5 Å². The number of para-hydroxylation sites is 1. The number of hydrogen-bond donors (Lipinski definition) is 0. The number of imide groups is 1. The maximum Gasteiger partial charge on any atom is 0.270 e. The Kier molecular flexibility index (Phi) is 7.94. The van der Waals surface area contributed by atoms with Crippen LogP contribution in [0, 0.1) is 10.1 Å². The number of methoxy groups -OCH3 is 1. The van der Waals surface area contributed by atoms with Crippen molar-refractivity contribution in [1.82, 2.24) is 9.80 Å². The monoisotopic (exact) mass is 439 g/mol. The summed E-state index contributed by atoms with van der Waals surface area (Å²) in [4.78, 5) is 39.0. The molecule has 0 aromatic heterocycles. The molecule has 0 aliphatic carbocycles. The van der Waals surface area contributed by atoms with Gasteiger partial charge in [-0.3, -0.25) is 24.6 Å². The van der Waals surface area contributed by atoms with Gasteiger partial charge in [0.2, 0.25) is 0 Å². The lowest BCUT2D eigenvalue weighted by Gasteiger charge is -2.21. The predicted octanol–water partition coefficient (Wildman–Crippen LogP) is 3.93. The first-order valence-corrected chi connectivity index (χ1v) is 10.9. The third kappa shape index (κ3) is 5.31. The second kappa shape index (κ2) is 10.9. The average molecular weight is 440 g/mol. The van der Waals surface area contributed by atoms with Crippen LogP contribution >= 0.6 is 0 Å². The molecule has 0 radical (unpaired) electrons. The lowest BCUT2D eigenvalue weighted by Crippen LogP contribution is -2.31. The van der Waals surface area contributed by atoms with Crippen LogP contribution in [0.3, 0.4) is 0 Å². The number of likely N-dealkylation sites (N-methyl/N-ethyl adjacent to an activating group) is 1. The van der Waals surface area contributed by atoms with Gasteiger partial charge in [0.1, 0.15) is 5.75 Å². The molecule has 3 rings (SSSR count). The fourth-order valence-corrected chi connectivity index (χ4v) is 3.99. The Morgan fingerprint density at radius 2 is 1.75 bits per heavy atom. The van der Waals surface area contributed by atoms with Crippen LogP contribution < -0.4 is 4.74 Å². The van der Waals surface area contributed by atoms with Crippen molar-refractivity contribution >= 4 is 17.5 Å². The van der Waals surface area contributed by atoms with E-state index in [1.54, 1.807) is 7.11 Å². The van der Waals surface area contributed by atoms with Crippen molar-refractivity contribution in [3.05, 3.63) is 69.3 Å². The maximum atomic E-state index is 12.5. The van der Waals surface area contributed by atoms with E-state index < -0.39 is 10.8 Å². The fourth-order valence-electron chi connectivity index (χ4n) is 3.99. The molecule has 0 atom stereocenters. The van der Waals surface area contributed by atoms with Crippen molar-refractivity contribution in [3.63, 3.8) is 0 Å². The van der Waals surface area contributed by atoms with E-state index in [4.69, 9.17) is 4.74 Å². The summed E-state index contributed by atoms with van der Waals surface area (Å²) in [5.74, 6) is 0.0995. The summed E-state index contributed by atoms with van der Waals surface area (Å²) < 4.78 is 5.42. The molecule has 1 heterocycles. The normalized spacial score (nSPS) is 13.0. The number of carbonyl (C=O) groups excluding carboxylic acids is 2. The van der Waals surface area contributed by atoms with Crippen LogP contribution in [0.4, 0.5) is 5.69 Å². The van der Waals surface area contributed by atoms with Crippen LogP contribution in [-0.2, 0) is 6.42 Å². The third-order valence-corrected chi connectivity index (χ3v) is 5.86. The van der Waals surface area contributed by atoms with Gasteiger partial charge in [-0.25, -0.2) is 0 Å². The van der Waals surface area contributed by atoms with E-state index in [0.717, 1.165) is 44.6 Å². The number of benzene rings is 2. The van der Waals surface area contributed by atoms with Gasteiger partial charge >= 0.3 is 0 Å². The summed E-state index contributed by atoms with van der Waals surface area (Å²) >= 11 is 0. The number of non-ortho nitro benzene ring substituents is 1. The zero-order valence-electron chi connectivity index (χ0n) is 18.6. The van der Waals surface area contributed by atoms with E-state index >= 15 is 0 Å². The minimum Gasteiger partial charge on any atom is -0.496 e. The largest absolute Gasteiger partial charge is 0.496 e. The molecule has 1 aliphatic rings. The number of rotatable bonds is 12. The fraction of sp³-hybridized carbons (Fsp3) is 0.417. The number of hydrogen-bond acceptors (Lipinski definition) is 6. The first kappa shape index (κ1) is 23.4. The molecule has 170 valence electrons. The molecule has 0 unspecified atom stereocenters. The second-order valence-corrected chi connectivity index (χ2v) is 7.81. The molecule has 8 heteroatoms. The summed E-state index contributed by atoms with van der Waals surface area (Å²) in [6.07, 6.45) is 3.48. The summed E-state index contributed by atoms with van der Waals surface area (Å²) in [5, 5.41) is 10.9. The number of carbonyl (C=O) groups is 2. The van der Waals surface area contributed by atoms with E-state index in [2.05, 4.69) is 17.9 Å². The van der Waals surface area contributed by atoms with Crippen LogP contribution in [0.5, 0.6) is 5.75 Å². The zero-order valence-corrected chi connectivity index (χ0v) is 18.6. The second-order valence-electron chi connectivity index (χ2n) is 7.81. The first-order chi connectivity index (χ1) is 15.5. The van der Waals surface area contributed by atoms with E-state index in [-0.39, 0.29) is 22.7 Å². The van der Waals surface area contributed by atoms with Gasteiger partial charge in [-0.2, -0.15) is 0 Å². The SMILES string of the molecule is CCN(CCCCCN1C(=O)c2ccc([N+](=O)[O-])cc2C1=O)CCc1ccccc1OC. The molecule has 0 fully saturated rings. The Bertz CT molecular complexity index is 991. The van der Waals surface area contributed by atoms with Gasteiger partial charge in [0, 0.05) is 25.2 Å². The molecular formula is C24H29N3O5. The third-order valence-electron chi connectivity index (χ3n) is 5.86. The number of fused-ring (bicyclic) bond motifs is 1. The summed E-state index contributed by atoms with van der Waals surface area (Å²) in [6.45, 7) is 5.30. The predicted molar refractivity (Wildman–Crippen MR) is 121 cm³/mol. The number of ether oxygens (including phenoxy) is 1. The van der Waals surface area contributed by atoms with Crippen LogP contribution in [0.2, 0.25) is 0 Å². The molecule has 0 N–H and O–H groups in total. The highest BCUT2D eigenvalue weighted by molar-refractivity contribution is 6.21. The molecule has 2 amide bonds. The molecule has 0 bridgehead atoms. The number of amides is 2. The molecule has 32 heavy (non-hydrogen) atoms. The summed E-state index contributed by atoms with van der Waals surface area (Å²) in [7, 11) is 1.69. The van der Waals surface area contributed by atoms with Crippen LogP contribution in [0.15, 0.2) is 42.5 Å². The molecular weight excluding hydrogens is 410 g/mol. The number of nitrogens with zero attached hydrogens (tertiary/aromatic N) is 3. The van der Waals surface area contributed by atoms with Crippen molar-refractivity contribution < 1.29 is 19.2 Å². The van der Waals surface area contributed by atoms with Gasteiger partial charge in [0.15, 0.2) is 0 Å². The molecule has 2 aromatic carbocycles. The minimum atomic E-state index is -0.561. The lowest BCUT2D eigenvalue weighted by molar-refractivity contribution is -0.384. The standard InChI is InChI=1S/C24H29N3O5/c1-3-25(16-13-18-9-5-6-10-22(18)32-2)14-7-4-8-15-26-23(28)20-12-11-19(27(30)31)17-21(20)24(26)29/h5-6,9-12,17H,3-4,7-8,13-16H2,1-2H3. The van der Waals surface area contributed by atoms with Crippen molar-refractivity contribution in [2.45, 2.75) is 32.6 Å². The molecule has 0 spiro atoms. The highest BCUT2D eigenvalue weighted by Crippen LogP contribution is 2.27. The van der Waals surface area contributed by atoms with Gasteiger partial charge < -0.3 is 9.64 Å². The first-order valence-electron chi connectivity index (χ1n) is 10.9. The summed E-state index contributed by atoms with van der Waals surface area (Å²) in [5.41, 5.74) is 1.38. The summed E-state index contributed by atoms with van der Waals surface area (Å²) in [6, 6.07) is 11.9. The van der Waals surface area contributed by atoms with Crippen LogP contribution in [0.1, 0.15) is 52.5 Å². The van der Waals surface area contributed by atoms with Crippen molar-refractivity contribution in [3.8, 4) is 5.75 Å². The number of nitro groups is 1. The Balaban J connectivity index is 1.43. The van der Waals surface area contributed by atoms with Crippen LogP contribution in [-0.4, -0.2) is 59.8 Å². The van der Waals surface area contributed by atoms with Gasteiger partial charge in [0.25, 0.3) is 17.5 Å². The highest BCUT2D eigenvalue weighted by Gasteiger charge is 2.36. The maximum absolute atomic E-state index is 12.5. The Morgan fingerprint density at radius 3 is 2.47 bits per heavy atom. The van der Waals surface area contributed by atoms with Crippen molar-refractivity contribution in [1.29, 1.82) is 0 Å². The Labute approximate surface area is 187 Å². The molecule has 0 saturated carbocycles. The van der Waals surface area contributed by atoms with E-state index in [9.17, 15) is 19.7 Å². The van der Waals surface area contributed by atoms with Crippen LogP contribution in [0.25, 0.3) is 0 Å². The molecule has 8 nitrogen and oxygen atoms in total. The van der Waals surface area contributed by atoms with Crippen molar-refractivity contribution in [2.24, 2.45) is 0 Å². The topological polar surface area (TPSA) is 93.0 Å². The lowest BCUT2D eigenvalue weighted by atomic mass is 10.1. The Morgan fingerprint density at radius 1 is 1.00 bits per heavy atom. The van der Waals surface area contributed by atoms with Gasteiger partial charge in [0.05, 0.1) is 23.2 Å². The van der Waals surface area contributed by atoms with Crippen molar-refractivity contribution in [2.75, 3.05) is 33.3 Å². The molecule has 1 aliphatic heterocycles. The van der Waals surface area contributed by atoms with Gasteiger partial charge in [-0.15, -0.1) is 0 Å².